The summed E-state index contributed by atoms with van der Waals surface area (Å²) in [4.78, 5) is 1.02. The first-order valence-electron chi connectivity index (χ1n) is 6.59. The van der Waals surface area contributed by atoms with Gasteiger partial charge in [-0.05, 0) is 30.7 Å². The van der Waals surface area contributed by atoms with E-state index in [2.05, 4.69) is 17.4 Å². The van der Waals surface area contributed by atoms with Crippen molar-refractivity contribution in [1.29, 1.82) is 0 Å². The van der Waals surface area contributed by atoms with Crippen LogP contribution < -0.4 is 11.3 Å². The first-order chi connectivity index (χ1) is 9.72. The van der Waals surface area contributed by atoms with Crippen LogP contribution in [0.3, 0.4) is 0 Å². The van der Waals surface area contributed by atoms with Crippen LogP contribution in [0, 0.1) is 5.82 Å². The Morgan fingerprint density at radius 1 is 1.40 bits per heavy atom. The number of nitrogens with zero attached hydrogens (tertiary/aromatic N) is 2. The van der Waals surface area contributed by atoms with Gasteiger partial charge in [-0.15, -0.1) is 11.8 Å². The van der Waals surface area contributed by atoms with Crippen LogP contribution in [0.15, 0.2) is 41.6 Å². The van der Waals surface area contributed by atoms with Gasteiger partial charge in [-0.2, -0.15) is 5.10 Å². The molecular weight excluding hydrogens is 275 g/mol. The van der Waals surface area contributed by atoms with Crippen molar-refractivity contribution >= 4 is 11.8 Å². The molecule has 2 aromatic rings. The molecule has 1 aromatic heterocycles. The molecule has 2 rings (SSSR count). The summed E-state index contributed by atoms with van der Waals surface area (Å²) in [5, 5.41) is 4.30. The Labute approximate surface area is 122 Å². The minimum absolute atomic E-state index is 0.0238. The van der Waals surface area contributed by atoms with Gasteiger partial charge < -0.3 is 0 Å². The number of benzene rings is 1. The zero-order chi connectivity index (χ0) is 14.4. The molecule has 20 heavy (non-hydrogen) atoms. The van der Waals surface area contributed by atoms with Crippen molar-refractivity contribution < 1.29 is 4.39 Å². The minimum atomic E-state index is -0.219. The molecule has 0 radical (unpaired) electrons. The standard InChI is InChI=1S/C14H19FN4S/c1-2-7-19-9-11(8-17-19)14(18-16)10-20-13-5-3-12(15)4-6-13/h3-6,8-9,14,18H,2,7,10,16H2,1H3. The van der Waals surface area contributed by atoms with Gasteiger partial charge in [0, 0.05) is 29.0 Å². The molecule has 4 nitrogen and oxygen atoms in total. The zero-order valence-corrected chi connectivity index (χ0v) is 12.2. The predicted octanol–water partition coefficient (Wildman–Crippen LogP) is 2.73. The number of aromatic nitrogens is 2. The molecule has 0 amide bonds. The van der Waals surface area contributed by atoms with E-state index in [1.54, 1.807) is 23.9 Å². The lowest BCUT2D eigenvalue weighted by Gasteiger charge is -2.13. The normalized spacial score (nSPS) is 12.6. The third kappa shape index (κ3) is 4.06. The molecule has 0 aliphatic carbocycles. The van der Waals surface area contributed by atoms with Crippen molar-refractivity contribution in [3.63, 3.8) is 0 Å². The van der Waals surface area contributed by atoms with Crippen LogP contribution in [0.5, 0.6) is 0 Å². The van der Waals surface area contributed by atoms with Gasteiger partial charge in [-0.1, -0.05) is 6.92 Å². The Kier molecular flexibility index (Phi) is 5.58. The summed E-state index contributed by atoms with van der Waals surface area (Å²) in [7, 11) is 0. The van der Waals surface area contributed by atoms with E-state index in [0.29, 0.717) is 0 Å². The van der Waals surface area contributed by atoms with E-state index in [0.717, 1.165) is 29.2 Å². The highest BCUT2D eigenvalue weighted by molar-refractivity contribution is 7.99. The zero-order valence-electron chi connectivity index (χ0n) is 11.4. The lowest BCUT2D eigenvalue weighted by molar-refractivity contribution is 0.592. The number of nitrogens with one attached hydrogen (secondary N) is 1. The van der Waals surface area contributed by atoms with E-state index in [1.807, 2.05) is 17.1 Å². The van der Waals surface area contributed by atoms with Crippen molar-refractivity contribution in [2.75, 3.05) is 5.75 Å². The van der Waals surface area contributed by atoms with Crippen LogP contribution in [0.2, 0.25) is 0 Å². The second kappa shape index (κ2) is 7.42. The third-order valence-corrected chi connectivity index (χ3v) is 4.05. The fourth-order valence-corrected chi connectivity index (χ4v) is 2.84. The van der Waals surface area contributed by atoms with Crippen molar-refractivity contribution in [2.45, 2.75) is 30.8 Å². The Balaban J connectivity index is 1.95. The average molecular weight is 294 g/mol. The highest BCUT2D eigenvalue weighted by Gasteiger charge is 2.12. The van der Waals surface area contributed by atoms with Crippen molar-refractivity contribution in [3.8, 4) is 0 Å². The quantitative estimate of drug-likeness (QED) is 0.468. The van der Waals surface area contributed by atoms with Crippen molar-refractivity contribution in [1.82, 2.24) is 15.2 Å². The summed E-state index contributed by atoms with van der Waals surface area (Å²) in [6.45, 7) is 3.02. The molecule has 0 saturated carbocycles. The maximum atomic E-state index is 12.8. The number of aryl methyl sites for hydroxylation is 1. The molecule has 1 unspecified atom stereocenters. The molecule has 0 bridgehead atoms. The van der Waals surface area contributed by atoms with Gasteiger partial charge in [0.25, 0.3) is 0 Å². The van der Waals surface area contributed by atoms with Gasteiger partial charge in [0.15, 0.2) is 0 Å². The van der Waals surface area contributed by atoms with Crippen LogP contribution in [0.1, 0.15) is 24.9 Å². The number of hydrogen-bond acceptors (Lipinski definition) is 4. The van der Waals surface area contributed by atoms with E-state index >= 15 is 0 Å². The summed E-state index contributed by atoms with van der Waals surface area (Å²) < 4.78 is 14.8. The van der Waals surface area contributed by atoms with Crippen LogP contribution >= 0.6 is 11.8 Å². The molecule has 0 saturated heterocycles. The first kappa shape index (κ1) is 15.0. The summed E-state index contributed by atoms with van der Waals surface area (Å²) >= 11 is 1.63. The minimum Gasteiger partial charge on any atom is -0.272 e. The fraction of sp³-hybridized carbons (Fsp3) is 0.357. The number of nitrogens with two attached hydrogens (primary N) is 1. The largest absolute Gasteiger partial charge is 0.272 e. The molecule has 1 heterocycles. The molecule has 0 aliphatic rings. The molecule has 0 spiro atoms. The fourth-order valence-electron chi connectivity index (χ4n) is 1.86. The molecule has 1 aromatic carbocycles. The van der Waals surface area contributed by atoms with Crippen LogP contribution in [-0.2, 0) is 6.54 Å². The number of rotatable bonds is 7. The molecule has 108 valence electrons. The Morgan fingerprint density at radius 3 is 2.80 bits per heavy atom. The summed E-state index contributed by atoms with van der Waals surface area (Å²) in [5.41, 5.74) is 3.87. The van der Waals surface area contributed by atoms with Gasteiger partial charge in [0.2, 0.25) is 0 Å². The second-order valence-corrected chi connectivity index (χ2v) is 5.61. The van der Waals surface area contributed by atoms with E-state index in [4.69, 9.17) is 5.84 Å². The molecule has 1 atom stereocenters. The van der Waals surface area contributed by atoms with Crippen molar-refractivity contribution in [2.24, 2.45) is 5.84 Å². The summed E-state index contributed by atoms with van der Waals surface area (Å²) in [6, 6.07) is 6.50. The third-order valence-electron chi connectivity index (χ3n) is 2.94. The van der Waals surface area contributed by atoms with Gasteiger partial charge in [0.05, 0.1) is 12.2 Å². The van der Waals surface area contributed by atoms with E-state index < -0.39 is 0 Å². The van der Waals surface area contributed by atoms with Crippen LogP contribution in [0.25, 0.3) is 0 Å². The molecule has 3 N–H and O–H groups in total. The van der Waals surface area contributed by atoms with Crippen LogP contribution in [0.4, 0.5) is 4.39 Å². The Morgan fingerprint density at radius 2 is 2.15 bits per heavy atom. The average Bonchev–Trinajstić information content (AvgIpc) is 2.91. The topological polar surface area (TPSA) is 55.9 Å². The smallest absolute Gasteiger partial charge is 0.123 e. The maximum Gasteiger partial charge on any atom is 0.123 e. The van der Waals surface area contributed by atoms with Gasteiger partial charge >= 0.3 is 0 Å². The highest BCUT2D eigenvalue weighted by Crippen LogP contribution is 2.24. The second-order valence-electron chi connectivity index (χ2n) is 4.52. The number of halogens is 1. The Hall–Kier alpha value is -1.37. The monoisotopic (exact) mass is 294 g/mol. The van der Waals surface area contributed by atoms with Crippen LogP contribution in [-0.4, -0.2) is 15.5 Å². The Bertz CT molecular complexity index is 526. The first-order valence-corrected chi connectivity index (χ1v) is 7.58. The number of hydrazine groups is 1. The summed E-state index contributed by atoms with van der Waals surface area (Å²) in [5.74, 6) is 6.16. The number of hydrogen-bond donors (Lipinski definition) is 2. The van der Waals surface area contributed by atoms with E-state index in [-0.39, 0.29) is 11.9 Å². The molecular formula is C14H19FN4S. The molecule has 0 fully saturated rings. The van der Waals surface area contributed by atoms with Crippen molar-refractivity contribution in [3.05, 3.63) is 48.0 Å². The highest BCUT2D eigenvalue weighted by atomic mass is 32.2. The lowest BCUT2D eigenvalue weighted by Crippen LogP contribution is -2.29. The van der Waals surface area contributed by atoms with E-state index in [9.17, 15) is 4.39 Å². The summed E-state index contributed by atoms with van der Waals surface area (Å²) in [6.07, 6.45) is 4.90. The van der Waals surface area contributed by atoms with E-state index in [1.165, 1.54) is 12.1 Å². The maximum absolute atomic E-state index is 12.8. The van der Waals surface area contributed by atoms with Gasteiger partial charge in [-0.25, -0.2) is 4.39 Å². The molecule has 6 heteroatoms. The predicted molar refractivity (Wildman–Crippen MR) is 79.7 cm³/mol. The SMILES string of the molecule is CCCn1cc(C(CSc2ccc(F)cc2)NN)cn1. The number of thioether (sulfide) groups is 1. The van der Waals surface area contributed by atoms with Gasteiger partial charge in [0.1, 0.15) is 5.82 Å². The lowest BCUT2D eigenvalue weighted by atomic mass is 10.2. The van der Waals surface area contributed by atoms with Gasteiger partial charge in [-0.3, -0.25) is 16.0 Å². The molecule has 0 aliphatic heterocycles.